The van der Waals surface area contributed by atoms with Crippen molar-refractivity contribution in [2.45, 2.75) is 55.8 Å². The molecule has 2 nitrogen and oxygen atoms in total. The van der Waals surface area contributed by atoms with E-state index in [9.17, 15) is 0 Å². The molecule has 0 aliphatic carbocycles. The van der Waals surface area contributed by atoms with Crippen LogP contribution in [0.5, 0.6) is 0 Å². The van der Waals surface area contributed by atoms with E-state index in [2.05, 4.69) is 25.7 Å². The van der Waals surface area contributed by atoms with Gasteiger partial charge in [0.05, 0.1) is 0 Å². The summed E-state index contributed by atoms with van der Waals surface area (Å²) in [5.74, 6) is 0. The van der Waals surface area contributed by atoms with Gasteiger partial charge in [0, 0.05) is 0 Å². The van der Waals surface area contributed by atoms with E-state index in [-0.39, 0.29) is 0 Å². The zero-order valence-corrected chi connectivity index (χ0v) is 13.1. The molecule has 14 heavy (non-hydrogen) atoms. The Morgan fingerprint density at radius 2 is 1.36 bits per heavy atom. The Hall–Kier alpha value is 0.719. The van der Waals surface area contributed by atoms with Gasteiger partial charge in [0.2, 0.25) is 0 Å². The van der Waals surface area contributed by atoms with Crippen molar-refractivity contribution in [2.75, 3.05) is 13.2 Å². The van der Waals surface area contributed by atoms with E-state index in [1.54, 1.807) is 0 Å². The van der Waals surface area contributed by atoms with Crippen molar-refractivity contribution in [3.63, 3.8) is 0 Å². The van der Waals surface area contributed by atoms with Crippen LogP contribution in [0.15, 0.2) is 0 Å². The average molecular weight is 309 g/mol. The van der Waals surface area contributed by atoms with Crippen molar-refractivity contribution in [1.82, 2.24) is 0 Å². The molecule has 0 spiro atoms. The van der Waals surface area contributed by atoms with Gasteiger partial charge in [0.15, 0.2) is 0 Å². The maximum absolute atomic E-state index is 5.97. The third kappa shape index (κ3) is 7.07. The number of unbranched alkanes of at least 4 members (excludes halogenated alkanes) is 1. The van der Waals surface area contributed by atoms with Crippen LogP contribution in [0.2, 0.25) is 9.38 Å². The summed E-state index contributed by atoms with van der Waals surface area (Å²) >= 11 is -2.56. The first-order chi connectivity index (χ1) is 6.68. The van der Waals surface area contributed by atoms with Gasteiger partial charge < -0.3 is 0 Å². The van der Waals surface area contributed by atoms with Gasteiger partial charge in [-0.2, -0.15) is 0 Å². The van der Waals surface area contributed by atoms with Crippen molar-refractivity contribution in [1.29, 1.82) is 0 Å². The fourth-order valence-corrected chi connectivity index (χ4v) is 8.85. The van der Waals surface area contributed by atoms with Crippen LogP contribution < -0.4 is 0 Å². The SMILES string of the molecule is CCC[CH2][Sn]([CH3])([O]CCC)[O]CCC. The molecule has 0 aromatic rings. The van der Waals surface area contributed by atoms with Crippen molar-refractivity contribution in [3.05, 3.63) is 0 Å². The van der Waals surface area contributed by atoms with Crippen molar-refractivity contribution >= 4 is 19.2 Å². The average Bonchev–Trinajstić information content (AvgIpc) is 2.21. The first-order valence-corrected chi connectivity index (χ1v) is 13.2. The molecule has 3 heteroatoms. The monoisotopic (exact) mass is 310 g/mol. The minimum absolute atomic E-state index is 0.889. The summed E-state index contributed by atoms with van der Waals surface area (Å²) in [4.78, 5) is 2.27. The van der Waals surface area contributed by atoms with E-state index in [0.717, 1.165) is 26.1 Å². The molecule has 0 saturated heterocycles. The number of rotatable bonds is 9. The second kappa shape index (κ2) is 8.98. The third-order valence-electron chi connectivity index (χ3n) is 2.21. The van der Waals surface area contributed by atoms with Crippen molar-refractivity contribution < 1.29 is 6.15 Å². The molecule has 0 aromatic carbocycles. The first-order valence-electron chi connectivity index (χ1n) is 5.96. The molecule has 0 radical (unpaired) electrons. The Morgan fingerprint density at radius 3 is 1.71 bits per heavy atom. The van der Waals surface area contributed by atoms with E-state index >= 15 is 0 Å². The van der Waals surface area contributed by atoms with E-state index in [0.29, 0.717) is 0 Å². The summed E-state index contributed by atoms with van der Waals surface area (Å²) < 4.78 is 13.2. The van der Waals surface area contributed by atoms with Gasteiger partial charge in [-0.05, 0) is 0 Å². The van der Waals surface area contributed by atoms with Crippen LogP contribution in [-0.2, 0) is 6.15 Å². The van der Waals surface area contributed by atoms with Gasteiger partial charge in [-0.3, -0.25) is 0 Å². The fourth-order valence-electron chi connectivity index (χ4n) is 1.32. The Morgan fingerprint density at radius 1 is 0.857 bits per heavy atom. The quantitative estimate of drug-likeness (QED) is 0.605. The standard InChI is InChI=1S/C4H9.2C3H7O.CH3.Sn/c1-3-4-2;2*1-2-3-4;;/h1,3-4H2,2H3;2*2-3H2,1H3;1H3;/q;2*-1;;+2. The molecular formula is C11H26O2Sn. The summed E-state index contributed by atoms with van der Waals surface area (Å²) in [6, 6.07) is 0. The molecule has 0 rings (SSSR count). The summed E-state index contributed by atoms with van der Waals surface area (Å²) in [5, 5.41) is 0. The van der Waals surface area contributed by atoms with E-state index in [1.165, 1.54) is 17.3 Å². The van der Waals surface area contributed by atoms with Crippen LogP contribution in [0.25, 0.3) is 0 Å². The predicted octanol–water partition coefficient (Wildman–Crippen LogP) is 3.71. The molecule has 0 aromatic heterocycles. The Kier molecular flexibility index (Phi) is 9.44. The van der Waals surface area contributed by atoms with Crippen LogP contribution in [0, 0.1) is 0 Å². The van der Waals surface area contributed by atoms with Crippen LogP contribution in [0.4, 0.5) is 0 Å². The molecule has 0 heterocycles. The van der Waals surface area contributed by atoms with Gasteiger partial charge in [0.1, 0.15) is 0 Å². The molecule has 0 atom stereocenters. The Labute approximate surface area is 94.3 Å². The van der Waals surface area contributed by atoms with E-state index < -0.39 is 19.2 Å². The van der Waals surface area contributed by atoms with E-state index in [1.807, 2.05) is 0 Å². The predicted molar refractivity (Wildman–Crippen MR) is 63.8 cm³/mol. The van der Waals surface area contributed by atoms with Crippen LogP contribution in [0.1, 0.15) is 46.5 Å². The minimum atomic E-state index is -2.56. The van der Waals surface area contributed by atoms with Gasteiger partial charge in [-0.1, -0.05) is 0 Å². The molecule has 0 saturated carbocycles. The molecule has 0 unspecified atom stereocenters. The second-order valence-corrected chi connectivity index (χ2v) is 13.5. The zero-order valence-electron chi connectivity index (χ0n) is 10.3. The van der Waals surface area contributed by atoms with Crippen molar-refractivity contribution in [2.24, 2.45) is 0 Å². The van der Waals surface area contributed by atoms with Crippen LogP contribution >= 0.6 is 0 Å². The molecule has 0 aliphatic heterocycles. The molecule has 0 amide bonds. The first kappa shape index (κ1) is 14.7. The molecule has 0 fully saturated rings. The molecular weight excluding hydrogens is 283 g/mol. The fraction of sp³-hybridized carbons (Fsp3) is 1.00. The van der Waals surface area contributed by atoms with Gasteiger partial charge in [0.25, 0.3) is 0 Å². The number of hydrogen-bond donors (Lipinski definition) is 0. The molecule has 0 aliphatic rings. The van der Waals surface area contributed by atoms with Crippen molar-refractivity contribution in [3.8, 4) is 0 Å². The normalized spacial score (nSPS) is 12.0. The third-order valence-corrected chi connectivity index (χ3v) is 10.5. The van der Waals surface area contributed by atoms with Gasteiger partial charge in [-0.25, -0.2) is 0 Å². The summed E-state index contributed by atoms with van der Waals surface area (Å²) in [6.45, 7) is 8.32. The summed E-state index contributed by atoms with van der Waals surface area (Å²) in [5.41, 5.74) is 0. The topological polar surface area (TPSA) is 18.5 Å². The maximum atomic E-state index is 5.97. The number of hydrogen-bond acceptors (Lipinski definition) is 2. The second-order valence-electron chi connectivity index (χ2n) is 3.93. The summed E-state index contributed by atoms with van der Waals surface area (Å²) in [7, 11) is 0. The van der Waals surface area contributed by atoms with Gasteiger partial charge >= 0.3 is 94.4 Å². The zero-order chi connectivity index (χ0) is 10.9. The Bertz CT molecular complexity index is 107. The van der Waals surface area contributed by atoms with E-state index in [4.69, 9.17) is 6.15 Å². The Balaban J connectivity index is 3.89. The molecule has 86 valence electrons. The molecule has 0 bridgehead atoms. The summed E-state index contributed by atoms with van der Waals surface area (Å²) in [6.07, 6.45) is 4.72. The van der Waals surface area contributed by atoms with Crippen LogP contribution in [-0.4, -0.2) is 32.4 Å². The van der Waals surface area contributed by atoms with Gasteiger partial charge in [-0.15, -0.1) is 0 Å². The molecule has 0 N–H and O–H groups in total. The van der Waals surface area contributed by atoms with Crippen LogP contribution in [0.3, 0.4) is 0 Å².